The lowest BCUT2D eigenvalue weighted by Crippen LogP contribution is -2.50. The summed E-state index contributed by atoms with van der Waals surface area (Å²) in [5, 5.41) is 11.4. The lowest BCUT2D eigenvalue weighted by molar-refractivity contribution is -0.133. The summed E-state index contributed by atoms with van der Waals surface area (Å²) >= 11 is 3.59. The SMILES string of the molecule is N#Cc1cccnc1N1CCN(C(=O)COc2ccc3ccccc3c2Br)CC1. The van der Waals surface area contributed by atoms with Crippen molar-refractivity contribution in [2.24, 2.45) is 0 Å². The average molecular weight is 451 g/mol. The molecule has 0 aliphatic carbocycles. The summed E-state index contributed by atoms with van der Waals surface area (Å²) in [5.74, 6) is 1.28. The van der Waals surface area contributed by atoms with Crippen molar-refractivity contribution in [3.05, 3.63) is 64.8 Å². The van der Waals surface area contributed by atoms with Crippen LogP contribution in [-0.2, 0) is 4.79 Å². The summed E-state index contributed by atoms with van der Waals surface area (Å²) in [4.78, 5) is 20.8. The summed E-state index contributed by atoms with van der Waals surface area (Å²) in [7, 11) is 0. The van der Waals surface area contributed by atoms with Gasteiger partial charge >= 0.3 is 0 Å². The lowest BCUT2D eigenvalue weighted by atomic mass is 10.1. The quantitative estimate of drug-likeness (QED) is 0.607. The molecule has 0 bridgehead atoms. The molecule has 0 spiro atoms. The average Bonchev–Trinajstić information content (AvgIpc) is 2.78. The van der Waals surface area contributed by atoms with Gasteiger partial charge in [0.15, 0.2) is 6.61 Å². The van der Waals surface area contributed by atoms with Crippen molar-refractivity contribution in [2.75, 3.05) is 37.7 Å². The number of hydrogen-bond acceptors (Lipinski definition) is 5. The first-order valence-electron chi connectivity index (χ1n) is 9.35. The molecule has 6 nitrogen and oxygen atoms in total. The van der Waals surface area contributed by atoms with E-state index in [0.717, 1.165) is 15.2 Å². The smallest absolute Gasteiger partial charge is 0.260 e. The Labute approximate surface area is 177 Å². The van der Waals surface area contributed by atoms with Crippen molar-refractivity contribution in [3.63, 3.8) is 0 Å². The Bertz CT molecular complexity index is 1090. The molecule has 3 aromatic rings. The number of benzene rings is 2. The predicted octanol–water partition coefficient (Wildman–Crippen LogP) is 3.60. The summed E-state index contributed by atoms with van der Waals surface area (Å²) in [6.07, 6.45) is 1.68. The molecule has 0 atom stereocenters. The van der Waals surface area contributed by atoms with Crippen LogP contribution in [0.25, 0.3) is 10.8 Å². The number of aromatic nitrogens is 1. The van der Waals surface area contributed by atoms with Crippen LogP contribution in [0.1, 0.15) is 5.56 Å². The van der Waals surface area contributed by atoms with Crippen molar-refractivity contribution < 1.29 is 9.53 Å². The number of nitriles is 1. The van der Waals surface area contributed by atoms with Crippen LogP contribution in [0.3, 0.4) is 0 Å². The van der Waals surface area contributed by atoms with Crippen LogP contribution in [0, 0.1) is 11.3 Å². The van der Waals surface area contributed by atoms with Gasteiger partial charge in [-0.05, 0) is 44.9 Å². The van der Waals surface area contributed by atoms with Crippen LogP contribution in [0.2, 0.25) is 0 Å². The van der Waals surface area contributed by atoms with E-state index in [1.807, 2.05) is 41.3 Å². The Hall–Kier alpha value is -3.11. The number of carbonyl (C=O) groups is 1. The number of fused-ring (bicyclic) bond motifs is 1. The molecule has 0 unspecified atom stereocenters. The van der Waals surface area contributed by atoms with E-state index in [-0.39, 0.29) is 12.5 Å². The highest BCUT2D eigenvalue weighted by molar-refractivity contribution is 9.10. The number of piperazine rings is 1. The van der Waals surface area contributed by atoms with E-state index in [4.69, 9.17) is 4.74 Å². The number of carbonyl (C=O) groups excluding carboxylic acids is 1. The van der Waals surface area contributed by atoms with Crippen molar-refractivity contribution >= 4 is 38.4 Å². The highest BCUT2D eigenvalue weighted by atomic mass is 79.9. The number of pyridine rings is 1. The number of rotatable bonds is 4. The molecule has 0 saturated carbocycles. The van der Waals surface area contributed by atoms with E-state index in [1.165, 1.54) is 0 Å². The van der Waals surface area contributed by atoms with Gasteiger partial charge in [0.1, 0.15) is 17.6 Å². The molecule has 1 aromatic heterocycles. The topological polar surface area (TPSA) is 69.5 Å². The molecule has 146 valence electrons. The fourth-order valence-electron chi connectivity index (χ4n) is 3.46. The van der Waals surface area contributed by atoms with E-state index in [0.29, 0.717) is 43.3 Å². The van der Waals surface area contributed by atoms with Gasteiger partial charge in [-0.3, -0.25) is 4.79 Å². The van der Waals surface area contributed by atoms with Crippen LogP contribution >= 0.6 is 15.9 Å². The molecule has 1 amide bonds. The minimum Gasteiger partial charge on any atom is -0.483 e. The standard InChI is InChI=1S/C22H19BrN4O2/c23-21-18-6-2-1-4-16(18)7-8-19(21)29-15-20(28)26-10-12-27(13-11-26)22-17(14-24)5-3-9-25-22/h1-9H,10-13,15H2. The second-order valence-electron chi connectivity index (χ2n) is 6.74. The van der Waals surface area contributed by atoms with Gasteiger partial charge in [-0.15, -0.1) is 0 Å². The first kappa shape index (κ1) is 19.2. The number of hydrogen-bond donors (Lipinski definition) is 0. The largest absolute Gasteiger partial charge is 0.483 e. The van der Waals surface area contributed by atoms with Gasteiger partial charge in [0.25, 0.3) is 5.91 Å². The van der Waals surface area contributed by atoms with E-state index >= 15 is 0 Å². The molecule has 0 N–H and O–H groups in total. The molecule has 29 heavy (non-hydrogen) atoms. The fourth-order valence-corrected chi connectivity index (χ4v) is 4.07. The molecule has 1 aliphatic heterocycles. The van der Waals surface area contributed by atoms with E-state index in [1.54, 1.807) is 23.2 Å². The third-order valence-corrected chi connectivity index (χ3v) is 5.84. The monoisotopic (exact) mass is 450 g/mol. The first-order valence-corrected chi connectivity index (χ1v) is 10.1. The van der Waals surface area contributed by atoms with Gasteiger partial charge in [0.05, 0.1) is 10.0 Å². The van der Waals surface area contributed by atoms with E-state index in [9.17, 15) is 10.1 Å². The number of amides is 1. The fraction of sp³-hybridized carbons (Fsp3) is 0.227. The first-order chi connectivity index (χ1) is 14.2. The molecule has 7 heteroatoms. The number of anilines is 1. The van der Waals surface area contributed by atoms with Crippen LogP contribution in [0.5, 0.6) is 5.75 Å². The molecule has 2 heterocycles. The van der Waals surface area contributed by atoms with Gasteiger partial charge in [0, 0.05) is 32.4 Å². The van der Waals surface area contributed by atoms with Gasteiger partial charge in [-0.1, -0.05) is 30.3 Å². The second-order valence-corrected chi connectivity index (χ2v) is 7.53. The molecule has 2 aromatic carbocycles. The highest BCUT2D eigenvalue weighted by Gasteiger charge is 2.23. The Morgan fingerprint density at radius 3 is 2.69 bits per heavy atom. The molecule has 4 rings (SSSR count). The van der Waals surface area contributed by atoms with Crippen molar-refractivity contribution in [2.45, 2.75) is 0 Å². The maximum atomic E-state index is 12.6. The molecular weight excluding hydrogens is 432 g/mol. The molecule has 1 saturated heterocycles. The minimum absolute atomic E-state index is 0.00995. The summed E-state index contributed by atoms with van der Waals surface area (Å²) in [6.45, 7) is 2.41. The molecule has 1 fully saturated rings. The van der Waals surface area contributed by atoms with Crippen molar-refractivity contribution in [3.8, 4) is 11.8 Å². The van der Waals surface area contributed by atoms with Gasteiger partial charge in [0.2, 0.25) is 0 Å². The Kier molecular flexibility index (Phi) is 5.63. The summed E-state index contributed by atoms with van der Waals surface area (Å²) in [6, 6.07) is 17.6. The van der Waals surface area contributed by atoms with E-state index in [2.05, 4.69) is 27.0 Å². The van der Waals surface area contributed by atoms with Gasteiger partial charge < -0.3 is 14.5 Å². The van der Waals surface area contributed by atoms with E-state index < -0.39 is 0 Å². The van der Waals surface area contributed by atoms with Crippen LogP contribution in [0.4, 0.5) is 5.82 Å². The van der Waals surface area contributed by atoms with Crippen LogP contribution in [-0.4, -0.2) is 48.6 Å². The Morgan fingerprint density at radius 1 is 1.10 bits per heavy atom. The van der Waals surface area contributed by atoms with Crippen LogP contribution in [0.15, 0.2) is 59.2 Å². The third kappa shape index (κ3) is 4.03. The van der Waals surface area contributed by atoms with Gasteiger partial charge in [-0.25, -0.2) is 4.98 Å². The highest BCUT2D eigenvalue weighted by Crippen LogP contribution is 2.33. The summed E-state index contributed by atoms with van der Waals surface area (Å²) in [5.41, 5.74) is 0.553. The maximum Gasteiger partial charge on any atom is 0.260 e. The lowest BCUT2D eigenvalue weighted by Gasteiger charge is -2.35. The van der Waals surface area contributed by atoms with Gasteiger partial charge in [-0.2, -0.15) is 5.26 Å². The number of ether oxygens (including phenoxy) is 1. The molecular formula is C22H19BrN4O2. The normalized spacial score (nSPS) is 13.9. The molecule has 1 aliphatic rings. The molecule has 0 radical (unpaired) electrons. The predicted molar refractivity (Wildman–Crippen MR) is 115 cm³/mol. The zero-order chi connectivity index (χ0) is 20.2. The zero-order valence-electron chi connectivity index (χ0n) is 15.7. The summed E-state index contributed by atoms with van der Waals surface area (Å²) < 4.78 is 6.65. The van der Waals surface area contributed by atoms with Crippen molar-refractivity contribution in [1.82, 2.24) is 9.88 Å². The zero-order valence-corrected chi connectivity index (χ0v) is 17.3. The second kappa shape index (κ2) is 8.50. The van der Waals surface area contributed by atoms with Crippen LogP contribution < -0.4 is 9.64 Å². The number of halogens is 1. The maximum absolute atomic E-state index is 12.6. The number of nitrogens with zero attached hydrogens (tertiary/aromatic N) is 4. The minimum atomic E-state index is -0.0498. The van der Waals surface area contributed by atoms with Crippen molar-refractivity contribution in [1.29, 1.82) is 5.26 Å². The third-order valence-electron chi connectivity index (χ3n) is 5.02. The Balaban J connectivity index is 1.36. The Morgan fingerprint density at radius 2 is 1.90 bits per heavy atom.